The van der Waals surface area contributed by atoms with E-state index in [4.69, 9.17) is 5.73 Å². The summed E-state index contributed by atoms with van der Waals surface area (Å²) in [4.78, 5) is 12.7. The van der Waals surface area contributed by atoms with Gasteiger partial charge < -0.3 is 15.4 Å². The number of nitrogen functional groups attached to an aromatic ring is 1. The molecule has 0 radical (unpaired) electrons. The molecule has 1 aromatic carbocycles. The molecular weight excluding hydrogens is 388 g/mol. The molecule has 7 nitrogen and oxygen atoms in total. The molecule has 0 bridgehead atoms. The van der Waals surface area contributed by atoms with Crippen molar-refractivity contribution >= 4 is 28.5 Å². The van der Waals surface area contributed by atoms with E-state index in [0.717, 1.165) is 33.3 Å². The fourth-order valence-electron chi connectivity index (χ4n) is 3.68. The highest BCUT2D eigenvalue weighted by molar-refractivity contribution is 6.06. The molecule has 0 saturated carbocycles. The molecule has 31 heavy (non-hydrogen) atoms. The molecular formula is C24H22N6O. The van der Waals surface area contributed by atoms with E-state index in [1.807, 2.05) is 41.8 Å². The third kappa shape index (κ3) is 3.89. The van der Waals surface area contributed by atoms with Crippen LogP contribution < -0.4 is 5.73 Å². The van der Waals surface area contributed by atoms with Crippen molar-refractivity contribution in [2.75, 3.05) is 12.3 Å². The monoisotopic (exact) mass is 410 g/mol. The first kappa shape index (κ1) is 20.3. The van der Waals surface area contributed by atoms with Gasteiger partial charge in [0.2, 0.25) is 0 Å². The van der Waals surface area contributed by atoms with E-state index in [0.29, 0.717) is 30.0 Å². The number of pyridine rings is 1. The van der Waals surface area contributed by atoms with Gasteiger partial charge in [0, 0.05) is 31.1 Å². The van der Waals surface area contributed by atoms with Crippen molar-refractivity contribution in [3.05, 3.63) is 71.9 Å². The molecule has 4 aromatic rings. The number of nitrogens with zero attached hydrogens (tertiary/aromatic N) is 5. The summed E-state index contributed by atoms with van der Waals surface area (Å²) in [5.41, 5.74) is 12.0. The third-order valence-electron chi connectivity index (χ3n) is 5.18. The van der Waals surface area contributed by atoms with Crippen LogP contribution in [0.4, 0.5) is 5.82 Å². The van der Waals surface area contributed by atoms with Crippen LogP contribution >= 0.6 is 0 Å². The number of hydrogen-bond acceptors (Lipinski definition) is 6. The van der Waals surface area contributed by atoms with Crippen molar-refractivity contribution in [2.45, 2.75) is 19.9 Å². The second-order valence-corrected chi connectivity index (χ2v) is 7.22. The molecule has 0 fully saturated rings. The molecule has 3 N–H and O–H groups in total. The predicted octanol–water partition coefficient (Wildman–Crippen LogP) is 3.83. The number of anilines is 1. The highest BCUT2D eigenvalue weighted by Gasteiger charge is 2.21. The first-order chi connectivity index (χ1) is 15.1. The number of fused-ring (bicyclic) bond motifs is 1. The van der Waals surface area contributed by atoms with E-state index in [-0.39, 0.29) is 6.61 Å². The minimum atomic E-state index is 0.0404. The van der Waals surface area contributed by atoms with Crippen molar-refractivity contribution in [3.63, 3.8) is 0 Å². The largest absolute Gasteiger partial charge is 0.396 e. The molecule has 0 unspecified atom stereocenters. The van der Waals surface area contributed by atoms with Crippen molar-refractivity contribution in [1.29, 1.82) is 5.26 Å². The average Bonchev–Trinajstić information content (AvgIpc) is 3.11. The zero-order valence-corrected chi connectivity index (χ0v) is 17.2. The standard InChI is InChI=1S/C24H22N6O/c1-16-3-5-18(6-4-16)21-20(13-19(14-25)17-7-9-27-10-8-17)30(11-2-12-31)24-22(21)23(26)28-15-29-24/h3-10,13,15,31H,2,11-12H2,1H3,(H2,26,28,29). The Morgan fingerprint density at radius 1 is 1.16 bits per heavy atom. The molecule has 4 rings (SSSR count). The van der Waals surface area contributed by atoms with E-state index < -0.39 is 0 Å². The summed E-state index contributed by atoms with van der Waals surface area (Å²) in [7, 11) is 0. The van der Waals surface area contributed by atoms with Crippen molar-refractivity contribution in [2.24, 2.45) is 0 Å². The van der Waals surface area contributed by atoms with Gasteiger partial charge in [-0.1, -0.05) is 29.8 Å². The third-order valence-corrected chi connectivity index (χ3v) is 5.18. The van der Waals surface area contributed by atoms with Crippen LogP contribution in [-0.4, -0.2) is 31.2 Å². The second-order valence-electron chi connectivity index (χ2n) is 7.22. The van der Waals surface area contributed by atoms with Crippen molar-refractivity contribution in [1.82, 2.24) is 19.5 Å². The highest BCUT2D eigenvalue weighted by atomic mass is 16.3. The number of hydrogen-bond donors (Lipinski definition) is 2. The number of aliphatic hydroxyl groups excluding tert-OH is 1. The minimum absolute atomic E-state index is 0.0404. The fraction of sp³-hybridized carbons (Fsp3) is 0.167. The number of nitriles is 1. The van der Waals surface area contributed by atoms with Crippen LogP contribution in [0.1, 0.15) is 23.2 Å². The van der Waals surface area contributed by atoms with Crippen molar-refractivity contribution < 1.29 is 5.11 Å². The van der Waals surface area contributed by atoms with Gasteiger partial charge >= 0.3 is 0 Å². The van der Waals surface area contributed by atoms with Gasteiger partial charge in [-0.3, -0.25) is 4.98 Å². The summed E-state index contributed by atoms with van der Waals surface area (Å²) in [6, 6.07) is 14.0. The Hall–Kier alpha value is -4.02. The number of aryl methyl sites for hydroxylation is 2. The fourth-order valence-corrected chi connectivity index (χ4v) is 3.68. The molecule has 0 saturated heterocycles. The summed E-state index contributed by atoms with van der Waals surface area (Å²) >= 11 is 0. The average molecular weight is 410 g/mol. The van der Waals surface area contributed by atoms with E-state index in [9.17, 15) is 10.4 Å². The van der Waals surface area contributed by atoms with Gasteiger partial charge in [0.05, 0.1) is 22.7 Å². The summed E-state index contributed by atoms with van der Waals surface area (Å²) in [5, 5.41) is 20.1. The number of aliphatic hydroxyl groups is 1. The van der Waals surface area contributed by atoms with E-state index in [1.165, 1.54) is 6.33 Å². The van der Waals surface area contributed by atoms with Crippen LogP contribution in [0.15, 0.2) is 55.1 Å². The Morgan fingerprint density at radius 2 is 1.90 bits per heavy atom. The van der Waals surface area contributed by atoms with Gasteiger partial charge in [0.1, 0.15) is 17.8 Å². The quantitative estimate of drug-likeness (QED) is 0.467. The maximum absolute atomic E-state index is 9.89. The van der Waals surface area contributed by atoms with Gasteiger partial charge in [0.15, 0.2) is 0 Å². The van der Waals surface area contributed by atoms with Crippen LogP contribution in [0.5, 0.6) is 0 Å². The first-order valence-electron chi connectivity index (χ1n) is 9.96. The summed E-state index contributed by atoms with van der Waals surface area (Å²) in [5.74, 6) is 0.375. The molecule has 7 heteroatoms. The molecule has 0 spiro atoms. The maximum Gasteiger partial charge on any atom is 0.146 e. The Kier molecular flexibility index (Phi) is 5.74. The Labute approximate surface area is 180 Å². The van der Waals surface area contributed by atoms with Crippen LogP contribution in [0, 0.1) is 18.3 Å². The SMILES string of the molecule is Cc1ccc(-c2c(C=C(C#N)c3ccncc3)n(CCCO)c3ncnc(N)c23)cc1. The van der Waals surface area contributed by atoms with Crippen LogP contribution in [0.25, 0.3) is 33.8 Å². The van der Waals surface area contributed by atoms with E-state index in [2.05, 4.69) is 21.0 Å². The van der Waals surface area contributed by atoms with Crippen LogP contribution in [0.3, 0.4) is 0 Å². The molecule has 0 aliphatic heterocycles. The minimum Gasteiger partial charge on any atom is -0.396 e. The maximum atomic E-state index is 9.89. The number of aromatic nitrogens is 4. The molecule has 0 amide bonds. The predicted molar refractivity (Wildman–Crippen MR) is 122 cm³/mol. The number of allylic oxidation sites excluding steroid dienone is 1. The Bertz CT molecular complexity index is 1280. The number of rotatable bonds is 6. The van der Waals surface area contributed by atoms with E-state index >= 15 is 0 Å². The van der Waals surface area contributed by atoms with Gasteiger partial charge in [-0.2, -0.15) is 5.26 Å². The van der Waals surface area contributed by atoms with Gasteiger partial charge in [0.25, 0.3) is 0 Å². The van der Waals surface area contributed by atoms with Gasteiger partial charge in [-0.25, -0.2) is 9.97 Å². The molecule has 3 aromatic heterocycles. The Balaban J connectivity index is 2.07. The summed E-state index contributed by atoms with van der Waals surface area (Å²) in [6.07, 6.45) is 7.15. The van der Waals surface area contributed by atoms with E-state index in [1.54, 1.807) is 24.5 Å². The molecule has 3 heterocycles. The molecule has 0 aliphatic carbocycles. The second kappa shape index (κ2) is 8.78. The lowest BCUT2D eigenvalue weighted by Gasteiger charge is -2.10. The van der Waals surface area contributed by atoms with Crippen molar-refractivity contribution in [3.8, 4) is 17.2 Å². The highest BCUT2D eigenvalue weighted by Crippen LogP contribution is 2.38. The zero-order valence-electron chi connectivity index (χ0n) is 17.2. The smallest absolute Gasteiger partial charge is 0.146 e. The zero-order chi connectivity index (χ0) is 21.8. The molecule has 0 atom stereocenters. The lowest BCUT2D eigenvalue weighted by Crippen LogP contribution is -2.04. The normalized spacial score (nSPS) is 11.6. The topological polar surface area (TPSA) is 114 Å². The number of benzene rings is 1. The summed E-state index contributed by atoms with van der Waals surface area (Å²) in [6.45, 7) is 2.60. The van der Waals surface area contributed by atoms with Gasteiger partial charge in [-0.05, 0) is 42.7 Å². The van der Waals surface area contributed by atoms with Crippen LogP contribution in [0.2, 0.25) is 0 Å². The Morgan fingerprint density at radius 3 is 2.58 bits per heavy atom. The lowest BCUT2D eigenvalue weighted by molar-refractivity contribution is 0.280. The lowest BCUT2D eigenvalue weighted by atomic mass is 9.99. The van der Waals surface area contributed by atoms with Gasteiger partial charge in [-0.15, -0.1) is 0 Å². The summed E-state index contributed by atoms with van der Waals surface area (Å²) < 4.78 is 2.00. The number of nitrogens with two attached hydrogens (primary N) is 1. The first-order valence-corrected chi connectivity index (χ1v) is 9.96. The molecule has 0 aliphatic rings. The van der Waals surface area contributed by atoms with Crippen LogP contribution in [-0.2, 0) is 6.54 Å². The molecule has 154 valence electrons.